The van der Waals surface area contributed by atoms with Crippen LogP contribution in [0.5, 0.6) is 0 Å². The summed E-state index contributed by atoms with van der Waals surface area (Å²) in [6, 6.07) is 71.8. The number of nitrogens with zero attached hydrogens (tertiary/aromatic N) is 1. The van der Waals surface area contributed by atoms with Crippen LogP contribution in [0.4, 0.5) is 17.1 Å². The van der Waals surface area contributed by atoms with Gasteiger partial charge in [-0.3, -0.25) is 0 Å². The molecule has 1 heterocycles. The van der Waals surface area contributed by atoms with Crippen molar-refractivity contribution in [2.75, 3.05) is 4.90 Å². The third kappa shape index (κ3) is 5.12. The second kappa shape index (κ2) is 12.5. The molecule has 2 heteroatoms. The third-order valence-corrected chi connectivity index (χ3v) is 10.2. The molecule has 0 saturated heterocycles. The van der Waals surface area contributed by atoms with E-state index >= 15 is 0 Å². The number of fused-ring (bicyclic) bond motifs is 5. The van der Waals surface area contributed by atoms with Crippen LogP contribution in [0.25, 0.3) is 76.9 Å². The highest BCUT2D eigenvalue weighted by Gasteiger charge is 2.22. The van der Waals surface area contributed by atoms with Crippen LogP contribution in [0, 0.1) is 0 Å². The average Bonchev–Trinajstić information content (AvgIpc) is 3.59. The molecule has 2 nitrogen and oxygen atoms in total. The van der Waals surface area contributed by atoms with E-state index in [9.17, 15) is 0 Å². The van der Waals surface area contributed by atoms with Gasteiger partial charge in [-0.25, -0.2) is 0 Å². The SMILES string of the molecule is c1ccc(-c2ccc(N(c3ccc4ccccc4c3)c3ccc(-c4c5ccccc5cc5oc6ccccc6c45)cc3-c3ccccc3)cc2)cc1. The van der Waals surface area contributed by atoms with E-state index in [1.165, 1.54) is 32.8 Å². The van der Waals surface area contributed by atoms with Gasteiger partial charge >= 0.3 is 0 Å². The fraction of sp³-hybridized carbons (Fsp3) is 0. The van der Waals surface area contributed by atoms with Crippen LogP contribution in [0.3, 0.4) is 0 Å². The van der Waals surface area contributed by atoms with Crippen molar-refractivity contribution in [3.63, 3.8) is 0 Å². The molecule has 0 aliphatic carbocycles. The summed E-state index contributed by atoms with van der Waals surface area (Å²) < 4.78 is 6.48. The molecule has 0 atom stereocenters. The van der Waals surface area contributed by atoms with Gasteiger partial charge in [0.25, 0.3) is 0 Å². The Hall–Kier alpha value is -6.90. The summed E-state index contributed by atoms with van der Waals surface area (Å²) in [6.07, 6.45) is 0. The summed E-state index contributed by atoms with van der Waals surface area (Å²) in [5.74, 6) is 0. The van der Waals surface area contributed by atoms with E-state index in [1.807, 2.05) is 6.07 Å². The van der Waals surface area contributed by atoms with Gasteiger partial charge in [-0.15, -0.1) is 0 Å². The molecule has 244 valence electrons. The summed E-state index contributed by atoms with van der Waals surface area (Å²) in [5.41, 5.74) is 12.1. The van der Waals surface area contributed by atoms with E-state index in [1.54, 1.807) is 0 Å². The smallest absolute Gasteiger partial charge is 0.136 e. The lowest BCUT2D eigenvalue weighted by molar-refractivity contribution is 0.669. The highest BCUT2D eigenvalue weighted by atomic mass is 16.3. The zero-order valence-electron chi connectivity index (χ0n) is 28.4. The van der Waals surface area contributed by atoms with Crippen molar-refractivity contribution in [3.05, 3.63) is 200 Å². The number of hydrogen-bond donors (Lipinski definition) is 0. The van der Waals surface area contributed by atoms with E-state index in [0.29, 0.717) is 0 Å². The van der Waals surface area contributed by atoms with Crippen molar-refractivity contribution in [2.24, 2.45) is 0 Å². The van der Waals surface area contributed by atoms with Gasteiger partial charge in [0.05, 0.1) is 5.69 Å². The normalized spacial score (nSPS) is 11.5. The summed E-state index contributed by atoms with van der Waals surface area (Å²) in [4.78, 5) is 2.40. The highest BCUT2D eigenvalue weighted by molar-refractivity contribution is 6.21. The Bertz CT molecular complexity index is 2890. The Balaban J connectivity index is 1.24. The number of para-hydroxylation sites is 1. The standard InChI is InChI=1S/C50H33NO/c1-3-13-34(14-4-1)36-23-27-41(28-24-36)51(42-29-25-35-15-7-8-18-38(35)31-42)46-30-26-40(32-45(46)37-16-5-2-6-17-37)49-43-20-10-9-19-39(43)33-48-50(49)44-21-11-12-22-47(44)52-48/h1-33H. The Kier molecular flexibility index (Phi) is 7.18. The molecule has 0 radical (unpaired) electrons. The lowest BCUT2D eigenvalue weighted by Gasteiger charge is -2.29. The van der Waals surface area contributed by atoms with E-state index in [-0.39, 0.29) is 0 Å². The summed E-state index contributed by atoms with van der Waals surface area (Å²) in [7, 11) is 0. The Morgan fingerprint density at radius 1 is 0.346 bits per heavy atom. The van der Waals surface area contributed by atoms with Gasteiger partial charge in [-0.2, -0.15) is 0 Å². The average molecular weight is 664 g/mol. The molecule has 0 saturated carbocycles. The molecule has 10 aromatic rings. The molecule has 52 heavy (non-hydrogen) atoms. The van der Waals surface area contributed by atoms with Crippen molar-refractivity contribution < 1.29 is 4.42 Å². The molecular weight excluding hydrogens is 631 g/mol. The van der Waals surface area contributed by atoms with Crippen molar-refractivity contribution in [2.45, 2.75) is 0 Å². The summed E-state index contributed by atoms with van der Waals surface area (Å²) in [6.45, 7) is 0. The molecule has 1 aromatic heterocycles. The maximum absolute atomic E-state index is 6.48. The van der Waals surface area contributed by atoms with E-state index in [4.69, 9.17) is 4.42 Å². The molecule has 0 unspecified atom stereocenters. The second-order valence-corrected chi connectivity index (χ2v) is 13.3. The van der Waals surface area contributed by atoms with Crippen molar-refractivity contribution in [3.8, 4) is 33.4 Å². The molecule has 0 amide bonds. The molecule has 0 spiro atoms. The third-order valence-electron chi connectivity index (χ3n) is 10.2. The van der Waals surface area contributed by atoms with Crippen molar-refractivity contribution in [1.82, 2.24) is 0 Å². The lowest BCUT2D eigenvalue weighted by atomic mass is 9.90. The minimum absolute atomic E-state index is 0.899. The molecule has 9 aromatic carbocycles. The van der Waals surface area contributed by atoms with E-state index in [0.717, 1.165) is 61.1 Å². The first-order chi connectivity index (χ1) is 25.8. The van der Waals surface area contributed by atoms with Gasteiger partial charge in [0.1, 0.15) is 11.2 Å². The fourth-order valence-corrected chi connectivity index (χ4v) is 7.76. The summed E-state index contributed by atoms with van der Waals surface area (Å²) >= 11 is 0. The first-order valence-electron chi connectivity index (χ1n) is 17.8. The Morgan fingerprint density at radius 3 is 1.73 bits per heavy atom. The first-order valence-corrected chi connectivity index (χ1v) is 17.8. The van der Waals surface area contributed by atoms with Crippen LogP contribution in [0.1, 0.15) is 0 Å². The van der Waals surface area contributed by atoms with Crippen LogP contribution in [0.15, 0.2) is 205 Å². The zero-order chi connectivity index (χ0) is 34.4. The minimum atomic E-state index is 0.899. The largest absolute Gasteiger partial charge is 0.456 e. The predicted molar refractivity (Wildman–Crippen MR) is 220 cm³/mol. The van der Waals surface area contributed by atoms with Crippen LogP contribution in [0.2, 0.25) is 0 Å². The maximum Gasteiger partial charge on any atom is 0.136 e. The zero-order valence-corrected chi connectivity index (χ0v) is 28.4. The van der Waals surface area contributed by atoms with Gasteiger partial charge in [-0.1, -0.05) is 152 Å². The van der Waals surface area contributed by atoms with Gasteiger partial charge in [-0.05, 0) is 92.3 Å². The van der Waals surface area contributed by atoms with Crippen molar-refractivity contribution >= 4 is 60.5 Å². The monoisotopic (exact) mass is 663 g/mol. The topological polar surface area (TPSA) is 16.4 Å². The predicted octanol–water partition coefficient (Wildman–Crippen LogP) is 14.4. The number of anilines is 3. The number of benzene rings is 9. The van der Waals surface area contributed by atoms with Crippen LogP contribution in [-0.4, -0.2) is 0 Å². The van der Waals surface area contributed by atoms with Gasteiger partial charge < -0.3 is 9.32 Å². The van der Waals surface area contributed by atoms with Crippen molar-refractivity contribution in [1.29, 1.82) is 0 Å². The summed E-state index contributed by atoms with van der Waals surface area (Å²) in [5, 5.41) is 7.05. The molecule has 0 fully saturated rings. The number of furan rings is 1. The Morgan fingerprint density at radius 2 is 0.942 bits per heavy atom. The van der Waals surface area contributed by atoms with Crippen LogP contribution < -0.4 is 4.90 Å². The van der Waals surface area contributed by atoms with Gasteiger partial charge in [0.15, 0.2) is 0 Å². The lowest BCUT2D eigenvalue weighted by Crippen LogP contribution is -2.11. The molecule has 10 rings (SSSR count). The number of rotatable bonds is 6. The molecular formula is C50H33NO. The second-order valence-electron chi connectivity index (χ2n) is 13.3. The molecule has 0 aliphatic heterocycles. The first kappa shape index (κ1) is 30.0. The highest BCUT2D eigenvalue weighted by Crippen LogP contribution is 2.47. The van der Waals surface area contributed by atoms with Crippen LogP contribution >= 0.6 is 0 Å². The fourth-order valence-electron chi connectivity index (χ4n) is 7.76. The van der Waals surface area contributed by atoms with Crippen LogP contribution in [-0.2, 0) is 0 Å². The minimum Gasteiger partial charge on any atom is -0.456 e. The molecule has 0 bridgehead atoms. The molecule has 0 N–H and O–H groups in total. The van der Waals surface area contributed by atoms with Gasteiger partial charge in [0, 0.05) is 33.3 Å². The van der Waals surface area contributed by atoms with E-state index < -0.39 is 0 Å². The quantitative estimate of drug-likeness (QED) is 0.176. The molecule has 0 aliphatic rings. The number of hydrogen-bond acceptors (Lipinski definition) is 2. The van der Waals surface area contributed by atoms with Gasteiger partial charge in [0.2, 0.25) is 0 Å². The van der Waals surface area contributed by atoms with E-state index in [2.05, 4.69) is 199 Å². The maximum atomic E-state index is 6.48. The Labute approximate surface area is 302 Å².